The summed E-state index contributed by atoms with van der Waals surface area (Å²) in [5.41, 5.74) is 3.97. The van der Waals surface area contributed by atoms with Gasteiger partial charge >= 0.3 is 0 Å². The predicted molar refractivity (Wildman–Crippen MR) is 109 cm³/mol. The number of rotatable bonds is 7. The molecule has 1 saturated carbocycles. The number of aryl methyl sites for hydroxylation is 1. The average Bonchev–Trinajstić information content (AvgIpc) is 3.20. The van der Waals surface area contributed by atoms with Crippen molar-refractivity contribution in [1.29, 1.82) is 0 Å². The quantitative estimate of drug-likeness (QED) is 0.666. The van der Waals surface area contributed by atoms with Gasteiger partial charge in [0.15, 0.2) is 0 Å². The molecule has 1 N–H and O–H groups in total. The fraction of sp³-hybridized carbons (Fsp3) is 0.619. The van der Waals surface area contributed by atoms with Crippen LogP contribution in [0.1, 0.15) is 72.9 Å². The van der Waals surface area contributed by atoms with Crippen LogP contribution >= 0.6 is 11.3 Å². The maximum absolute atomic E-state index is 12.7. The molecular formula is C21H31N3OS. The van der Waals surface area contributed by atoms with Gasteiger partial charge in [-0.15, -0.1) is 11.3 Å². The molecule has 142 valence electrons. The van der Waals surface area contributed by atoms with E-state index in [-0.39, 0.29) is 5.91 Å². The summed E-state index contributed by atoms with van der Waals surface area (Å²) in [6.07, 6.45) is 8.73. The van der Waals surface area contributed by atoms with Crippen LogP contribution in [-0.4, -0.2) is 22.0 Å². The summed E-state index contributed by atoms with van der Waals surface area (Å²) in [6, 6.07) is 2.05. The molecule has 0 unspecified atom stereocenters. The SMILES string of the molecule is CCCCNC(=O)c1cc(-c2csc(C)n2)n(CC2CCCCC2)c1C. The van der Waals surface area contributed by atoms with Crippen LogP contribution in [0.5, 0.6) is 0 Å². The van der Waals surface area contributed by atoms with E-state index in [9.17, 15) is 4.79 Å². The monoisotopic (exact) mass is 373 g/mol. The number of nitrogens with one attached hydrogen (secondary N) is 1. The Bertz CT molecular complexity index is 741. The van der Waals surface area contributed by atoms with Crippen molar-refractivity contribution in [2.75, 3.05) is 6.54 Å². The lowest BCUT2D eigenvalue weighted by atomic mass is 9.89. The molecule has 4 nitrogen and oxygen atoms in total. The van der Waals surface area contributed by atoms with E-state index < -0.39 is 0 Å². The van der Waals surface area contributed by atoms with Gasteiger partial charge in [0.2, 0.25) is 0 Å². The summed E-state index contributed by atoms with van der Waals surface area (Å²) in [7, 11) is 0. The highest BCUT2D eigenvalue weighted by Crippen LogP contribution is 2.31. The van der Waals surface area contributed by atoms with Crippen LogP contribution in [0.4, 0.5) is 0 Å². The predicted octanol–water partition coefficient (Wildman–Crippen LogP) is 5.34. The molecule has 5 heteroatoms. The minimum atomic E-state index is 0.0477. The first-order chi connectivity index (χ1) is 12.6. The Morgan fingerprint density at radius 2 is 2.08 bits per heavy atom. The molecule has 0 aliphatic heterocycles. The molecule has 2 aromatic heterocycles. The largest absolute Gasteiger partial charge is 0.352 e. The molecule has 0 aromatic carbocycles. The smallest absolute Gasteiger partial charge is 0.253 e. The van der Waals surface area contributed by atoms with Gasteiger partial charge < -0.3 is 9.88 Å². The van der Waals surface area contributed by atoms with E-state index in [4.69, 9.17) is 0 Å². The molecule has 0 spiro atoms. The third-order valence-electron chi connectivity index (χ3n) is 5.47. The van der Waals surface area contributed by atoms with E-state index in [0.717, 1.165) is 53.6 Å². The van der Waals surface area contributed by atoms with E-state index in [1.165, 1.54) is 32.1 Å². The van der Waals surface area contributed by atoms with Gasteiger partial charge in [-0.1, -0.05) is 32.6 Å². The van der Waals surface area contributed by atoms with Gasteiger partial charge in [0, 0.05) is 24.2 Å². The van der Waals surface area contributed by atoms with Crippen molar-refractivity contribution in [3.63, 3.8) is 0 Å². The Labute approximate surface area is 161 Å². The van der Waals surface area contributed by atoms with Crippen molar-refractivity contribution < 1.29 is 4.79 Å². The zero-order valence-corrected chi connectivity index (χ0v) is 17.1. The molecule has 0 bridgehead atoms. The van der Waals surface area contributed by atoms with Gasteiger partial charge in [-0.2, -0.15) is 0 Å². The second-order valence-corrected chi connectivity index (χ2v) is 8.57. The van der Waals surface area contributed by atoms with Crippen LogP contribution in [0.15, 0.2) is 11.4 Å². The first-order valence-corrected chi connectivity index (χ1v) is 10.9. The third kappa shape index (κ3) is 4.37. The molecule has 1 fully saturated rings. The molecule has 1 aliphatic carbocycles. The molecule has 1 aliphatic rings. The molecule has 26 heavy (non-hydrogen) atoms. The topological polar surface area (TPSA) is 46.9 Å². The van der Waals surface area contributed by atoms with Crippen LogP contribution in [-0.2, 0) is 6.54 Å². The Kier molecular flexibility index (Phi) is 6.52. The Hall–Kier alpha value is -1.62. The van der Waals surface area contributed by atoms with Crippen molar-refractivity contribution in [2.24, 2.45) is 5.92 Å². The number of amides is 1. The maximum atomic E-state index is 12.7. The molecule has 0 saturated heterocycles. The van der Waals surface area contributed by atoms with Crippen molar-refractivity contribution in [3.8, 4) is 11.4 Å². The highest BCUT2D eigenvalue weighted by molar-refractivity contribution is 7.09. The van der Waals surface area contributed by atoms with Crippen molar-refractivity contribution in [1.82, 2.24) is 14.9 Å². The van der Waals surface area contributed by atoms with Crippen LogP contribution in [0, 0.1) is 19.8 Å². The van der Waals surface area contributed by atoms with Crippen LogP contribution in [0.3, 0.4) is 0 Å². The summed E-state index contributed by atoms with van der Waals surface area (Å²) >= 11 is 1.67. The number of carbonyl (C=O) groups excluding carboxylic acids is 1. The van der Waals surface area contributed by atoms with E-state index in [0.29, 0.717) is 5.92 Å². The van der Waals surface area contributed by atoms with E-state index in [1.54, 1.807) is 11.3 Å². The van der Waals surface area contributed by atoms with Crippen LogP contribution in [0.25, 0.3) is 11.4 Å². The van der Waals surface area contributed by atoms with E-state index in [2.05, 4.69) is 34.1 Å². The van der Waals surface area contributed by atoms with Gasteiger partial charge in [-0.05, 0) is 45.1 Å². The number of hydrogen-bond donors (Lipinski definition) is 1. The Balaban J connectivity index is 1.90. The minimum absolute atomic E-state index is 0.0477. The van der Waals surface area contributed by atoms with Crippen LogP contribution in [0.2, 0.25) is 0 Å². The highest BCUT2D eigenvalue weighted by Gasteiger charge is 2.22. The number of aromatic nitrogens is 2. The standard InChI is InChI=1S/C21H31N3OS/c1-4-5-11-22-21(25)18-12-20(19-14-26-16(3)23-19)24(15(18)2)13-17-9-7-6-8-10-17/h12,14,17H,4-11,13H2,1-3H3,(H,22,25). The number of hydrogen-bond acceptors (Lipinski definition) is 3. The lowest BCUT2D eigenvalue weighted by Crippen LogP contribution is -2.25. The minimum Gasteiger partial charge on any atom is -0.352 e. The first-order valence-electron chi connectivity index (χ1n) is 10.0. The van der Waals surface area contributed by atoms with Gasteiger partial charge in [-0.25, -0.2) is 4.98 Å². The maximum Gasteiger partial charge on any atom is 0.253 e. The summed E-state index contributed by atoms with van der Waals surface area (Å²) in [5.74, 6) is 0.760. The van der Waals surface area contributed by atoms with Gasteiger partial charge in [-0.3, -0.25) is 4.79 Å². The van der Waals surface area contributed by atoms with Gasteiger partial charge in [0.1, 0.15) is 0 Å². The number of unbranched alkanes of at least 4 members (excludes halogenated alkanes) is 1. The zero-order valence-electron chi connectivity index (χ0n) is 16.3. The highest BCUT2D eigenvalue weighted by atomic mass is 32.1. The number of carbonyl (C=O) groups is 1. The number of nitrogens with zero attached hydrogens (tertiary/aromatic N) is 2. The van der Waals surface area contributed by atoms with E-state index >= 15 is 0 Å². The molecule has 1 amide bonds. The fourth-order valence-electron chi connectivity index (χ4n) is 3.91. The second-order valence-electron chi connectivity index (χ2n) is 7.50. The summed E-state index contributed by atoms with van der Waals surface area (Å²) in [6.45, 7) is 8.00. The average molecular weight is 374 g/mol. The molecule has 0 radical (unpaired) electrons. The van der Waals surface area contributed by atoms with Crippen molar-refractivity contribution in [3.05, 3.63) is 27.7 Å². The summed E-state index contributed by atoms with van der Waals surface area (Å²) in [4.78, 5) is 17.4. The normalized spacial score (nSPS) is 15.3. The second kappa shape index (κ2) is 8.85. The molecule has 2 aromatic rings. The fourth-order valence-corrected chi connectivity index (χ4v) is 4.51. The van der Waals surface area contributed by atoms with Crippen molar-refractivity contribution >= 4 is 17.2 Å². The zero-order chi connectivity index (χ0) is 18.5. The van der Waals surface area contributed by atoms with Gasteiger partial charge in [0.25, 0.3) is 5.91 Å². The van der Waals surface area contributed by atoms with Crippen LogP contribution < -0.4 is 5.32 Å². The molecular weight excluding hydrogens is 342 g/mol. The Morgan fingerprint density at radius 1 is 1.31 bits per heavy atom. The third-order valence-corrected chi connectivity index (χ3v) is 6.25. The summed E-state index contributed by atoms with van der Waals surface area (Å²) in [5, 5.41) is 6.25. The summed E-state index contributed by atoms with van der Waals surface area (Å²) < 4.78 is 2.35. The Morgan fingerprint density at radius 3 is 2.73 bits per heavy atom. The molecule has 3 rings (SSSR count). The molecule has 2 heterocycles. The molecule has 0 atom stereocenters. The van der Waals surface area contributed by atoms with Gasteiger partial charge in [0.05, 0.1) is 22.0 Å². The lowest BCUT2D eigenvalue weighted by molar-refractivity contribution is 0.0952. The lowest BCUT2D eigenvalue weighted by Gasteiger charge is -2.24. The van der Waals surface area contributed by atoms with E-state index in [1.807, 2.05) is 13.0 Å². The number of thiazole rings is 1. The first kappa shape index (κ1) is 19.2. The van der Waals surface area contributed by atoms with Crippen molar-refractivity contribution in [2.45, 2.75) is 72.3 Å².